The van der Waals surface area contributed by atoms with Crippen molar-refractivity contribution in [2.45, 2.75) is 103 Å². The summed E-state index contributed by atoms with van der Waals surface area (Å²) in [6, 6.07) is 17.1. The molecule has 0 bridgehead atoms. The van der Waals surface area contributed by atoms with Gasteiger partial charge in [-0.2, -0.15) is 0 Å². The van der Waals surface area contributed by atoms with Gasteiger partial charge in [0, 0.05) is 12.2 Å². The second kappa shape index (κ2) is 28.1. The van der Waals surface area contributed by atoms with Crippen molar-refractivity contribution >= 4 is 80.1 Å². The Labute approximate surface area is 421 Å². The maximum atomic E-state index is 13.4. The molecule has 0 aliphatic heterocycles. The van der Waals surface area contributed by atoms with Crippen molar-refractivity contribution in [2.24, 2.45) is 23.7 Å². The Morgan fingerprint density at radius 3 is 1.07 bits per heavy atom. The van der Waals surface area contributed by atoms with Gasteiger partial charge in [0.2, 0.25) is 0 Å². The summed E-state index contributed by atoms with van der Waals surface area (Å²) in [5.41, 5.74) is 0. The molecule has 2 aliphatic carbocycles. The van der Waals surface area contributed by atoms with Gasteiger partial charge in [-0.3, -0.25) is 19.2 Å². The third kappa shape index (κ3) is 16.9. The van der Waals surface area contributed by atoms with Crippen LogP contribution in [0.15, 0.2) is 86.0 Å². The second-order valence-corrected chi connectivity index (χ2v) is 20.4. The molecule has 0 unspecified atom stereocenters. The maximum absolute atomic E-state index is 13.4. The second-order valence-electron chi connectivity index (χ2n) is 17.2. The number of hydrogen-bond acceptors (Lipinski definition) is 17. The Bertz CT molecular complexity index is 2290. The summed E-state index contributed by atoms with van der Waals surface area (Å²) in [4.78, 5) is 75.2. The van der Waals surface area contributed by atoms with E-state index in [1.54, 1.807) is 60.7 Å². The zero-order valence-electron chi connectivity index (χ0n) is 39.2. The van der Waals surface area contributed by atoms with Crippen molar-refractivity contribution in [1.82, 2.24) is 0 Å². The van der Waals surface area contributed by atoms with Crippen molar-refractivity contribution in [1.29, 1.82) is 0 Å². The summed E-state index contributed by atoms with van der Waals surface area (Å²) in [5.74, 6) is -0.923. The molecule has 3 aromatic carbocycles. The molecule has 2 aliphatic rings. The Hall–Kier alpha value is -5.91. The molecule has 0 saturated heterocycles. The third-order valence-electron chi connectivity index (χ3n) is 12.1. The smallest absolute Gasteiger partial charge is 0.330 e. The Kier molecular flexibility index (Phi) is 21.4. The molecule has 2 saturated carbocycles. The molecule has 6 rings (SSSR count). The van der Waals surface area contributed by atoms with Crippen LogP contribution in [0.5, 0.6) is 34.5 Å². The van der Waals surface area contributed by atoms with E-state index in [-0.39, 0.29) is 23.8 Å². The lowest BCUT2D eigenvalue weighted by Gasteiger charge is -2.26. The lowest BCUT2D eigenvalue weighted by molar-refractivity contribution is -0.145. The molecule has 0 spiro atoms. The number of ether oxygens (including phenoxy) is 8. The predicted octanol–water partition coefficient (Wildman–Crippen LogP) is 11.7. The normalized spacial score (nSPS) is 17.6. The number of carbonyl (C=O) groups is 6. The Morgan fingerprint density at radius 1 is 0.443 bits per heavy atom. The first-order valence-electron chi connectivity index (χ1n) is 24.0. The van der Waals surface area contributed by atoms with Crippen molar-refractivity contribution in [3.05, 3.63) is 89.1 Å². The highest BCUT2D eigenvalue weighted by Crippen LogP contribution is 2.43. The zero-order valence-corrected chi connectivity index (χ0v) is 41.7. The quantitative estimate of drug-likeness (QED) is 0.0191. The van der Waals surface area contributed by atoms with Gasteiger partial charge < -0.3 is 37.9 Å². The van der Waals surface area contributed by atoms with E-state index < -0.39 is 35.7 Å². The summed E-state index contributed by atoms with van der Waals surface area (Å²) in [6.07, 6.45) is 13.1. The monoisotopic (exact) mass is 1020 g/mol. The van der Waals surface area contributed by atoms with E-state index in [0.29, 0.717) is 125 Å². The topological polar surface area (TPSA) is 176 Å². The molecule has 1 heterocycles. The molecule has 2 fully saturated rings. The van der Waals surface area contributed by atoms with Crippen molar-refractivity contribution < 1.29 is 66.7 Å². The van der Waals surface area contributed by atoms with E-state index in [1.165, 1.54) is 22.7 Å². The number of carbonyl (C=O) groups excluding carboxylic acids is 6. The molecule has 1 aromatic heterocycles. The summed E-state index contributed by atoms with van der Waals surface area (Å²) in [5, 5.41) is 0. The van der Waals surface area contributed by atoms with E-state index in [1.807, 2.05) is 0 Å². The molecule has 0 atom stereocenters. The minimum Gasteiger partial charge on any atom is -0.494 e. The average Bonchev–Trinajstić information content (AvgIpc) is 3.79. The first kappa shape index (κ1) is 53.4. The van der Waals surface area contributed by atoms with Crippen LogP contribution in [-0.4, -0.2) is 62.2 Å². The van der Waals surface area contributed by atoms with Crippen LogP contribution in [0, 0.1) is 26.8 Å². The average molecular weight is 1020 g/mol. The fourth-order valence-corrected chi connectivity index (χ4v) is 10.7. The molecule has 70 heavy (non-hydrogen) atoms. The number of hydrogen-bond donors (Lipinski definition) is 0. The highest BCUT2D eigenvalue weighted by molar-refractivity contribution is 7.77. The Morgan fingerprint density at radius 2 is 0.743 bits per heavy atom. The van der Waals surface area contributed by atoms with Gasteiger partial charge in [-0.05, 0) is 163 Å². The number of unbranched alkanes of at least 4 members (excludes halogenated alkanes) is 6. The first-order chi connectivity index (χ1) is 34.0. The highest BCUT2D eigenvalue weighted by Gasteiger charge is 2.34. The van der Waals surface area contributed by atoms with Crippen LogP contribution in [0.2, 0.25) is 0 Å². The Balaban J connectivity index is 0.874. The molecule has 14 nitrogen and oxygen atoms in total. The van der Waals surface area contributed by atoms with Crippen LogP contribution < -0.4 is 28.4 Å². The molecule has 0 N–H and O–H groups in total. The molecule has 17 heteroatoms. The minimum absolute atomic E-state index is 0.338. The van der Waals surface area contributed by atoms with Crippen molar-refractivity contribution in [3.8, 4) is 34.5 Å². The van der Waals surface area contributed by atoms with Crippen LogP contribution in [0.25, 0.3) is 9.40 Å². The standard InChI is InChI=1S/C53H60O14S3/c1-3-45(54)62-33-11-7-5-9-31-60-39-21-25-41(26-22-39)64-49(56)35-13-17-37(18-14-35)51(58)66-43-29-30-44(48-47(43)69-53(68)70-48)67-52(59)38-19-15-36(16-20-38)50(57)65-42-27-23-40(24-28-42)61-32-10-6-8-12-34-63-46(55)4-2/h3-4,21-30,35-38H,1-2,5-20,31-34H2. The fourth-order valence-electron chi connectivity index (χ4n) is 8.15. The summed E-state index contributed by atoms with van der Waals surface area (Å²) < 4.78 is 46.6. The molecule has 0 radical (unpaired) electrons. The number of benzene rings is 3. The van der Waals surface area contributed by atoms with Gasteiger partial charge in [0.25, 0.3) is 0 Å². The zero-order chi connectivity index (χ0) is 49.7. The summed E-state index contributed by atoms with van der Waals surface area (Å²) in [7, 11) is 0. The molecule has 4 aromatic rings. The molecular weight excluding hydrogens is 957 g/mol. The van der Waals surface area contributed by atoms with Gasteiger partial charge in [-0.15, -0.1) is 22.7 Å². The summed E-state index contributed by atoms with van der Waals surface area (Å²) in [6.45, 7) is 8.59. The number of esters is 6. The molecular formula is C53H60O14S3. The van der Waals surface area contributed by atoms with Crippen LogP contribution in [0.3, 0.4) is 0 Å². The van der Waals surface area contributed by atoms with Crippen molar-refractivity contribution in [2.75, 3.05) is 26.4 Å². The van der Waals surface area contributed by atoms with Crippen molar-refractivity contribution in [3.63, 3.8) is 0 Å². The van der Waals surface area contributed by atoms with Gasteiger partial charge in [0.1, 0.15) is 37.6 Å². The first-order valence-corrected chi connectivity index (χ1v) is 26.0. The van der Waals surface area contributed by atoms with E-state index in [2.05, 4.69) is 13.2 Å². The lowest BCUT2D eigenvalue weighted by Crippen LogP contribution is -2.30. The van der Waals surface area contributed by atoms with Gasteiger partial charge in [-0.25, -0.2) is 9.59 Å². The lowest BCUT2D eigenvalue weighted by atomic mass is 9.82. The van der Waals surface area contributed by atoms with Crippen LogP contribution in [0.1, 0.15) is 103 Å². The van der Waals surface area contributed by atoms with Gasteiger partial charge in [-0.1, -0.05) is 25.4 Å². The van der Waals surface area contributed by atoms with Gasteiger partial charge in [0.15, 0.2) is 0 Å². The molecule has 0 amide bonds. The van der Waals surface area contributed by atoms with Crippen LogP contribution in [-0.2, 0) is 38.2 Å². The van der Waals surface area contributed by atoms with E-state index in [0.717, 1.165) is 63.5 Å². The predicted molar refractivity (Wildman–Crippen MR) is 267 cm³/mol. The van der Waals surface area contributed by atoms with Crippen LogP contribution in [0.4, 0.5) is 0 Å². The number of rotatable bonds is 26. The van der Waals surface area contributed by atoms with Crippen LogP contribution >= 0.6 is 34.9 Å². The maximum Gasteiger partial charge on any atom is 0.330 e. The number of fused-ring (bicyclic) bond motifs is 1. The van der Waals surface area contributed by atoms with E-state index in [9.17, 15) is 28.8 Å². The SMILES string of the molecule is C=CC(=O)OCCCCCCOc1ccc(OC(=O)C2CCC(C(=O)Oc3ccc(OC(=O)C4CCC(C(=O)Oc5ccc(OCCCCCCOC(=O)C=C)cc5)CC4)c4sc(=S)sc34)CC2)cc1. The minimum atomic E-state index is -0.410. The molecule has 374 valence electrons. The van der Waals surface area contributed by atoms with E-state index in [4.69, 9.17) is 50.1 Å². The highest BCUT2D eigenvalue weighted by atomic mass is 32.2. The van der Waals surface area contributed by atoms with E-state index >= 15 is 0 Å². The largest absolute Gasteiger partial charge is 0.494 e. The third-order valence-corrected chi connectivity index (χ3v) is 14.8. The summed E-state index contributed by atoms with van der Waals surface area (Å²) >= 11 is 8.07. The van der Waals surface area contributed by atoms with Gasteiger partial charge >= 0.3 is 35.8 Å². The van der Waals surface area contributed by atoms with Gasteiger partial charge in [0.05, 0.1) is 59.5 Å². The fraction of sp³-hybridized carbons (Fsp3) is 0.453.